The van der Waals surface area contributed by atoms with Crippen molar-refractivity contribution in [1.82, 2.24) is 0 Å². The lowest BCUT2D eigenvalue weighted by atomic mass is 9.95. The lowest BCUT2D eigenvalue weighted by molar-refractivity contribution is 0.0697. The number of carbonyl (C=O) groups is 2. The van der Waals surface area contributed by atoms with Crippen LogP contribution in [0.2, 0.25) is 0 Å². The summed E-state index contributed by atoms with van der Waals surface area (Å²) in [5, 5.41) is 12.7. The molecule has 132 valence electrons. The van der Waals surface area contributed by atoms with E-state index in [0.29, 0.717) is 22.1 Å². The van der Waals surface area contributed by atoms with E-state index in [0.717, 1.165) is 36.1 Å². The normalized spacial score (nSPS) is 13.0. The molecule has 0 aliphatic heterocycles. The van der Waals surface area contributed by atoms with Gasteiger partial charge in [0.05, 0.1) is 19.8 Å². The van der Waals surface area contributed by atoms with Gasteiger partial charge < -0.3 is 19.9 Å². The zero-order valence-corrected chi connectivity index (χ0v) is 14.9. The van der Waals surface area contributed by atoms with Crippen LogP contribution in [0, 0.1) is 0 Å². The number of rotatable bonds is 5. The van der Waals surface area contributed by atoms with E-state index in [4.69, 9.17) is 9.47 Å². The molecular formula is C18H19NO5S. The van der Waals surface area contributed by atoms with Crippen molar-refractivity contribution >= 4 is 28.2 Å². The zero-order chi connectivity index (χ0) is 18.0. The highest BCUT2D eigenvalue weighted by molar-refractivity contribution is 7.17. The van der Waals surface area contributed by atoms with E-state index in [1.54, 1.807) is 18.2 Å². The third kappa shape index (κ3) is 3.46. The van der Waals surface area contributed by atoms with Gasteiger partial charge in [0.25, 0.3) is 5.91 Å². The molecule has 25 heavy (non-hydrogen) atoms. The number of hydrogen-bond donors (Lipinski definition) is 2. The van der Waals surface area contributed by atoms with Crippen molar-refractivity contribution in [3.05, 3.63) is 39.8 Å². The van der Waals surface area contributed by atoms with E-state index >= 15 is 0 Å². The first kappa shape index (κ1) is 17.3. The monoisotopic (exact) mass is 361 g/mol. The number of aryl methyl sites for hydroxylation is 1. The third-order valence-electron chi connectivity index (χ3n) is 4.23. The first-order valence-electron chi connectivity index (χ1n) is 7.95. The number of nitrogens with one attached hydrogen (secondary N) is 1. The number of hydrogen-bond acceptors (Lipinski definition) is 5. The van der Waals surface area contributed by atoms with Gasteiger partial charge in [-0.1, -0.05) is 0 Å². The fraction of sp³-hybridized carbons (Fsp3) is 0.333. The zero-order valence-electron chi connectivity index (χ0n) is 14.0. The van der Waals surface area contributed by atoms with Crippen molar-refractivity contribution in [3.63, 3.8) is 0 Å². The summed E-state index contributed by atoms with van der Waals surface area (Å²) in [7, 11) is 3.01. The average molecular weight is 361 g/mol. The van der Waals surface area contributed by atoms with Crippen LogP contribution >= 0.6 is 11.3 Å². The topological polar surface area (TPSA) is 84.9 Å². The van der Waals surface area contributed by atoms with Crippen LogP contribution < -0.4 is 14.8 Å². The molecule has 2 aromatic rings. The molecule has 1 heterocycles. The van der Waals surface area contributed by atoms with Crippen LogP contribution in [0.15, 0.2) is 18.2 Å². The van der Waals surface area contributed by atoms with Gasteiger partial charge in [0.15, 0.2) is 0 Å². The molecule has 0 unspecified atom stereocenters. The highest BCUT2D eigenvalue weighted by atomic mass is 32.1. The maximum Gasteiger partial charge on any atom is 0.339 e. The van der Waals surface area contributed by atoms with Gasteiger partial charge in [-0.25, -0.2) is 4.79 Å². The van der Waals surface area contributed by atoms with Crippen LogP contribution in [-0.2, 0) is 12.8 Å². The Kier molecular flexibility index (Phi) is 4.94. The standard InChI is InChI=1S/C18H19NO5S/c1-23-11-7-10(8-12(9-11)24-2)16(20)19-17-15(18(21)22)13-5-3-4-6-14(13)25-17/h7-9H,3-6H2,1-2H3,(H,19,20)(H,21,22). The maximum absolute atomic E-state index is 12.6. The number of methoxy groups -OCH3 is 2. The molecule has 6 nitrogen and oxygen atoms in total. The number of benzene rings is 1. The first-order valence-corrected chi connectivity index (χ1v) is 8.77. The number of aromatic carboxylic acids is 1. The molecule has 2 N–H and O–H groups in total. The number of thiophene rings is 1. The van der Waals surface area contributed by atoms with Crippen LogP contribution in [0.1, 0.15) is 44.0 Å². The largest absolute Gasteiger partial charge is 0.497 e. The van der Waals surface area contributed by atoms with Crippen molar-refractivity contribution in [2.75, 3.05) is 19.5 Å². The van der Waals surface area contributed by atoms with E-state index < -0.39 is 11.9 Å². The van der Waals surface area contributed by atoms with Crippen molar-refractivity contribution in [2.24, 2.45) is 0 Å². The van der Waals surface area contributed by atoms with Gasteiger partial charge in [-0.3, -0.25) is 4.79 Å². The molecule has 0 atom stereocenters. The van der Waals surface area contributed by atoms with Gasteiger partial charge in [0.2, 0.25) is 0 Å². The van der Waals surface area contributed by atoms with Crippen LogP contribution in [0.5, 0.6) is 11.5 Å². The molecule has 0 radical (unpaired) electrons. The van der Waals surface area contributed by atoms with Gasteiger partial charge in [-0.15, -0.1) is 11.3 Å². The molecule has 1 aromatic carbocycles. The lowest BCUT2D eigenvalue weighted by Crippen LogP contribution is -2.14. The molecule has 3 rings (SSSR count). The molecule has 7 heteroatoms. The van der Waals surface area contributed by atoms with Crippen LogP contribution in [0.4, 0.5) is 5.00 Å². The number of anilines is 1. The summed E-state index contributed by atoms with van der Waals surface area (Å²) >= 11 is 1.36. The molecule has 1 aliphatic carbocycles. The Hall–Kier alpha value is -2.54. The highest BCUT2D eigenvalue weighted by Crippen LogP contribution is 2.38. The second-order valence-electron chi connectivity index (χ2n) is 5.78. The Labute approximate surface area is 149 Å². The molecule has 0 spiro atoms. The second-order valence-corrected chi connectivity index (χ2v) is 6.88. The summed E-state index contributed by atoms with van der Waals surface area (Å²) in [5.41, 5.74) is 1.43. The maximum atomic E-state index is 12.6. The summed E-state index contributed by atoms with van der Waals surface area (Å²) in [6.45, 7) is 0. The number of fused-ring (bicyclic) bond motifs is 1. The van der Waals surface area contributed by atoms with Crippen molar-refractivity contribution in [2.45, 2.75) is 25.7 Å². The molecule has 0 saturated carbocycles. The molecule has 1 aliphatic rings. The first-order chi connectivity index (χ1) is 12.0. The Morgan fingerprint density at radius 1 is 1.08 bits per heavy atom. The minimum absolute atomic E-state index is 0.225. The smallest absolute Gasteiger partial charge is 0.339 e. The third-order valence-corrected chi connectivity index (χ3v) is 5.43. The fourth-order valence-corrected chi connectivity index (χ4v) is 4.27. The quantitative estimate of drug-likeness (QED) is 0.850. The number of carboxylic acids is 1. The molecular weight excluding hydrogens is 342 g/mol. The van der Waals surface area contributed by atoms with Crippen molar-refractivity contribution < 1.29 is 24.2 Å². The summed E-state index contributed by atoms with van der Waals surface area (Å²) < 4.78 is 10.3. The van der Waals surface area contributed by atoms with Gasteiger partial charge in [-0.05, 0) is 43.4 Å². The van der Waals surface area contributed by atoms with E-state index in [1.807, 2.05) is 0 Å². The number of ether oxygens (including phenoxy) is 2. The lowest BCUT2D eigenvalue weighted by Gasteiger charge is -2.11. The summed E-state index contributed by atoms with van der Waals surface area (Å²) in [6, 6.07) is 4.85. The molecule has 1 aromatic heterocycles. The molecule has 1 amide bonds. The van der Waals surface area contributed by atoms with Crippen LogP contribution in [0.3, 0.4) is 0 Å². The second kappa shape index (κ2) is 7.14. The highest BCUT2D eigenvalue weighted by Gasteiger charge is 2.26. The minimum Gasteiger partial charge on any atom is -0.497 e. The van der Waals surface area contributed by atoms with Crippen LogP contribution in [0.25, 0.3) is 0 Å². The van der Waals surface area contributed by atoms with E-state index in [9.17, 15) is 14.7 Å². The summed E-state index contributed by atoms with van der Waals surface area (Å²) in [5.74, 6) is -0.405. The number of carboxylic acid groups (broad SMARTS) is 1. The van der Waals surface area contributed by atoms with E-state index in [1.165, 1.54) is 25.6 Å². The van der Waals surface area contributed by atoms with Crippen molar-refractivity contribution in [3.8, 4) is 11.5 Å². The number of carbonyl (C=O) groups excluding carboxylic acids is 1. The Morgan fingerprint density at radius 2 is 1.72 bits per heavy atom. The van der Waals surface area contributed by atoms with E-state index in [2.05, 4.69) is 5.32 Å². The van der Waals surface area contributed by atoms with E-state index in [-0.39, 0.29) is 5.56 Å². The molecule has 0 bridgehead atoms. The van der Waals surface area contributed by atoms with Gasteiger partial charge >= 0.3 is 5.97 Å². The minimum atomic E-state index is -1.00. The predicted octanol–water partition coefficient (Wildman–Crippen LogP) is 3.59. The van der Waals surface area contributed by atoms with Gasteiger partial charge in [-0.2, -0.15) is 0 Å². The predicted molar refractivity (Wildman–Crippen MR) is 95.4 cm³/mol. The van der Waals surface area contributed by atoms with Crippen LogP contribution in [-0.4, -0.2) is 31.2 Å². The van der Waals surface area contributed by atoms with Gasteiger partial charge in [0.1, 0.15) is 16.5 Å². The summed E-state index contributed by atoms with van der Waals surface area (Å²) in [6.07, 6.45) is 3.64. The number of amides is 1. The fourth-order valence-electron chi connectivity index (χ4n) is 2.99. The molecule has 0 saturated heterocycles. The summed E-state index contributed by atoms with van der Waals surface area (Å²) in [4.78, 5) is 25.4. The SMILES string of the molecule is COc1cc(OC)cc(C(=O)Nc2sc3c(c2C(=O)O)CCCC3)c1. The average Bonchev–Trinajstić information content (AvgIpc) is 2.99. The van der Waals surface area contributed by atoms with Gasteiger partial charge in [0, 0.05) is 16.5 Å². The van der Waals surface area contributed by atoms with Crippen molar-refractivity contribution in [1.29, 1.82) is 0 Å². The Morgan fingerprint density at radius 3 is 2.32 bits per heavy atom. The Bertz CT molecular complexity index is 805. The molecule has 0 fully saturated rings. The Balaban J connectivity index is 1.94.